The summed E-state index contributed by atoms with van der Waals surface area (Å²) in [6.07, 6.45) is 3.39. The van der Waals surface area contributed by atoms with Crippen LogP contribution in [-0.4, -0.2) is 43.2 Å². The van der Waals surface area contributed by atoms with Gasteiger partial charge in [0.05, 0.1) is 31.4 Å². The molecule has 1 aliphatic carbocycles. The molecule has 20 heavy (non-hydrogen) atoms. The molecule has 2 atom stereocenters. The number of nitrogens with two attached hydrogens (primary N) is 1. The molecule has 5 heteroatoms. The predicted octanol–water partition coefficient (Wildman–Crippen LogP) is 1.67. The van der Waals surface area contributed by atoms with E-state index in [4.69, 9.17) is 15.2 Å². The van der Waals surface area contributed by atoms with Crippen molar-refractivity contribution < 1.29 is 14.3 Å². The molecule has 108 valence electrons. The monoisotopic (exact) mass is 276 g/mol. The van der Waals surface area contributed by atoms with E-state index in [1.54, 1.807) is 25.3 Å². The van der Waals surface area contributed by atoms with E-state index in [-0.39, 0.29) is 18.1 Å². The molecule has 2 fully saturated rings. The molecule has 1 amide bonds. The van der Waals surface area contributed by atoms with Crippen molar-refractivity contribution in [3.63, 3.8) is 0 Å². The lowest BCUT2D eigenvalue weighted by Crippen LogP contribution is -2.51. The standard InChI is InChI=1S/C15H20N2O3/c1-19-14-9-10(16)5-6-11(14)15(18)17-7-8-20-13-4-2-3-12(13)17/h5-6,9,12-13H,2-4,7-8,16H2,1H3. The zero-order valence-corrected chi connectivity index (χ0v) is 11.7. The highest BCUT2D eigenvalue weighted by molar-refractivity contribution is 5.97. The summed E-state index contributed by atoms with van der Waals surface area (Å²) >= 11 is 0. The van der Waals surface area contributed by atoms with Gasteiger partial charge in [-0.05, 0) is 31.4 Å². The fraction of sp³-hybridized carbons (Fsp3) is 0.533. The van der Waals surface area contributed by atoms with Crippen molar-refractivity contribution in [2.24, 2.45) is 0 Å². The molecule has 0 radical (unpaired) electrons. The van der Waals surface area contributed by atoms with Crippen molar-refractivity contribution in [1.29, 1.82) is 0 Å². The van der Waals surface area contributed by atoms with Crippen LogP contribution in [0.25, 0.3) is 0 Å². The van der Waals surface area contributed by atoms with Gasteiger partial charge in [0.1, 0.15) is 5.75 Å². The van der Waals surface area contributed by atoms with E-state index in [0.29, 0.717) is 30.2 Å². The lowest BCUT2D eigenvalue weighted by Gasteiger charge is -2.37. The Morgan fingerprint density at radius 2 is 2.30 bits per heavy atom. The van der Waals surface area contributed by atoms with Gasteiger partial charge in [-0.15, -0.1) is 0 Å². The van der Waals surface area contributed by atoms with Crippen LogP contribution in [0.15, 0.2) is 18.2 Å². The third-order valence-electron chi connectivity index (χ3n) is 4.20. The van der Waals surface area contributed by atoms with Gasteiger partial charge in [-0.1, -0.05) is 0 Å². The number of nitrogens with zero attached hydrogens (tertiary/aromatic N) is 1. The van der Waals surface area contributed by atoms with Crippen molar-refractivity contribution in [2.75, 3.05) is 26.0 Å². The molecule has 2 N–H and O–H groups in total. The molecular formula is C15H20N2O3. The number of morpholine rings is 1. The van der Waals surface area contributed by atoms with Gasteiger partial charge < -0.3 is 20.1 Å². The molecule has 0 aromatic heterocycles. The molecule has 2 aliphatic rings. The van der Waals surface area contributed by atoms with Gasteiger partial charge in [-0.25, -0.2) is 0 Å². The van der Waals surface area contributed by atoms with Crippen molar-refractivity contribution in [1.82, 2.24) is 4.90 Å². The van der Waals surface area contributed by atoms with Gasteiger partial charge in [0, 0.05) is 18.3 Å². The molecule has 1 aromatic carbocycles. The van der Waals surface area contributed by atoms with E-state index in [2.05, 4.69) is 0 Å². The second-order valence-electron chi connectivity index (χ2n) is 5.37. The highest BCUT2D eigenvalue weighted by atomic mass is 16.5. The molecular weight excluding hydrogens is 256 g/mol. The first-order valence-corrected chi connectivity index (χ1v) is 7.07. The minimum atomic E-state index is 0.0158. The number of hydrogen-bond acceptors (Lipinski definition) is 4. The zero-order chi connectivity index (χ0) is 14.1. The Balaban J connectivity index is 1.88. The number of carbonyl (C=O) groups is 1. The fourth-order valence-electron chi connectivity index (χ4n) is 3.22. The van der Waals surface area contributed by atoms with Crippen LogP contribution in [0.5, 0.6) is 5.75 Å². The van der Waals surface area contributed by atoms with E-state index in [1.807, 2.05) is 4.90 Å². The van der Waals surface area contributed by atoms with Crippen LogP contribution in [-0.2, 0) is 4.74 Å². The number of methoxy groups -OCH3 is 1. The van der Waals surface area contributed by atoms with Gasteiger partial charge >= 0.3 is 0 Å². The van der Waals surface area contributed by atoms with E-state index >= 15 is 0 Å². The number of rotatable bonds is 2. The topological polar surface area (TPSA) is 64.8 Å². The largest absolute Gasteiger partial charge is 0.496 e. The molecule has 1 aliphatic heterocycles. The SMILES string of the molecule is COc1cc(N)ccc1C(=O)N1CCOC2CCCC21. The summed E-state index contributed by atoms with van der Waals surface area (Å²) in [6, 6.07) is 5.39. The lowest BCUT2D eigenvalue weighted by molar-refractivity contribution is -0.0446. The number of benzene rings is 1. The summed E-state index contributed by atoms with van der Waals surface area (Å²) in [5, 5.41) is 0. The summed E-state index contributed by atoms with van der Waals surface area (Å²) in [4.78, 5) is 14.7. The Hall–Kier alpha value is -1.75. The maximum Gasteiger partial charge on any atom is 0.258 e. The molecule has 0 bridgehead atoms. The number of fused-ring (bicyclic) bond motifs is 1. The molecule has 3 rings (SSSR count). The highest BCUT2D eigenvalue weighted by Crippen LogP contribution is 2.32. The molecule has 2 unspecified atom stereocenters. The van der Waals surface area contributed by atoms with Crippen molar-refractivity contribution >= 4 is 11.6 Å². The van der Waals surface area contributed by atoms with Gasteiger partial charge in [-0.2, -0.15) is 0 Å². The van der Waals surface area contributed by atoms with Crippen LogP contribution < -0.4 is 10.5 Å². The molecule has 1 saturated carbocycles. The number of ether oxygens (including phenoxy) is 2. The Kier molecular flexibility index (Phi) is 3.53. The number of nitrogen functional groups attached to an aromatic ring is 1. The van der Waals surface area contributed by atoms with Crippen LogP contribution in [0.2, 0.25) is 0 Å². The molecule has 1 aromatic rings. The van der Waals surface area contributed by atoms with Gasteiger partial charge in [0.2, 0.25) is 0 Å². The maximum absolute atomic E-state index is 12.8. The first kappa shape index (κ1) is 13.2. The summed E-state index contributed by atoms with van der Waals surface area (Å²) < 4.78 is 11.0. The number of hydrogen-bond donors (Lipinski definition) is 1. The second-order valence-corrected chi connectivity index (χ2v) is 5.37. The molecule has 0 spiro atoms. The number of anilines is 1. The molecule has 5 nitrogen and oxygen atoms in total. The summed E-state index contributed by atoms with van der Waals surface area (Å²) in [5.74, 6) is 0.554. The van der Waals surface area contributed by atoms with E-state index in [1.165, 1.54) is 0 Å². The van der Waals surface area contributed by atoms with Crippen molar-refractivity contribution in [2.45, 2.75) is 31.4 Å². The van der Waals surface area contributed by atoms with Crippen LogP contribution in [0.1, 0.15) is 29.6 Å². The average Bonchev–Trinajstić information content (AvgIpc) is 2.94. The van der Waals surface area contributed by atoms with Crippen LogP contribution in [0, 0.1) is 0 Å². The Labute approximate surface area is 118 Å². The zero-order valence-electron chi connectivity index (χ0n) is 11.7. The fourth-order valence-corrected chi connectivity index (χ4v) is 3.22. The van der Waals surface area contributed by atoms with Gasteiger partial charge in [0.25, 0.3) is 5.91 Å². The Morgan fingerprint density at radius 1 is 1.45 bits per heavy atom. The van der Waals surface area contributed by atoms with E-state index < -0.39 is 0 Å². The quantitative estimate of drug-likeness (QED) is 0.835. The smallest absolute Gasteiger partial charge is 0.258 e. The van der Waals surface area contributed by atoms with Crippen LogP contribution >= 0.6 is 0 Å². The van der Waals surface area contributed by atoms with Crippen molar-refractivity contribution in [3.05, 3.63) is 23.8 Å². The van der Waals surface area contributed by atoms with E-state index in [0.717, 1.165) is 19.3 Å². The van der Waals surface area contributed by atoms with Crippen LogP contribution in [0.3, 0.4) is 0 Å². The lowest BCUT2D eigenvalue weighted by atomic mass is 10.1. The third-order valence-corrected chi connectivity index (χ3v) is 4.20. The minimum Gasteiger partial charge on any atom is -0.496 e. The third kappa shape index (κ3) is 2.22. The van der Waals surface area contributed by atoms with Gasteiger partial charge in [-0.3, -0.25) is 4.79 Å². The van der Waals surface area contributed by atoms with E-state index in [9.17, 15) is 4.79 Å². The maximum atomic E-state index is 12.8. The normalized spacial score (nSPS) is 25.4. The average molecular weight is 276 g/mol. The van der Waals surface area contributed by atoms with Gasteiger partial charge in [0.15, 0.2) is 0 Å². The van der Waals surface area contributed by atoms with Crippen LogP contribution in [0.4, 0.5) is 5.69 Å². The first-order chi connectivity index (χ1) is 9.70. The minimum absolute atomic E-state index is 0.0158. The first-order valence-electron chi connectivity index (χ1n) is 7.07. The summed E-state index contributed by atoms with van der Waals surface area (Å²) in [5.41, 5.74) is 6.92. The molecule has 1 saturated heterocycles. The number of amides is 1. The highest BCUT2D eigenvalue weighted by Gasteiger charge is 2.39. The Morgan fingerprint density at radius 3 is 3.10 bits per heavy atom. The van der Waals surface area contributed by atoms with Crippen molar-refractivity contribution in [3.8, 4) is 5.75 Å². The second kappa shape index (κ2) is 5.32. The predicted molar refractivity (Wildman–Crippen MR) is 75.8 cm³/mol. The molecule has 1 heterocycles. The summed E-state index contributed by atoms with van der Waals surface area (Å²) in [7, 11) is 1.56. The Bertz CT molecular complexity index is 518. The number of carbonyl (C=O) groups excluding carboxylic acids is 1. The summed E-state index contributed by atoms with van der Waals surface area (Å²) in [6.45, 7) is 1.26.